The fourth-order valence-electron chi connectivity index (χ4n) is 0.997. The van der Waals surface area contributed by atoms with Gasteiger partial charge in [0.15, 0.2) is 0 Å². The zero-order valence-corrected chi connectivity index (χ0v) is 8.35. The SMILES string of the molecule is Cc1cccc(C(=N)[Se])c1C. The summed E-state index contributed by atoms with van der Waals surface area (Å²) in [5.74, 6) is 0. The van der Waals surface area contributed by atoms with Gasteiger partial charge in [0.25, 0.3) is 0 Å². The Bertz CT molecular complexity index is 292. The molecule has 0 aromatic heterocycles. The molecule has 0 amide bonds. The Morgan fingerprint density at radius 3 is 2.45 bits per heavy atom. The first-order valence-corrected chi connectivity index (χ1v) is 4.30. The van der Waals surface area contributed by atoms with E-state index in [-0.39, 0.29) is 0 Å². The second kappa shape index (κ2) is 3.20. The third kappa shape index (κ3) is 1.70. The van der Waals surface area contributed by atoms with Crippen molar-refractivity contribution in [3.05, 3.63) is 34.9 Å². The predicted molar refractivity (Wildman–Crippen MR) is 48.5 cm³/mol. The van der Waals surface area contributed by atoms with Crippen molar-refractivity contribution in [3.8, 4) is 0 Å². The average molecular weight is 211 g/mol. The van der Waals surface area contributed by atoms with E-state index in [1.807, 2.05) is 19.1 Å². The minimum absolute atomic E-state index is 0.520. The molecule has 0 bridgehead atoms. The third-order valence-corrected chi connectivity index (χ3v) is 2.31. The van der Waals surface area contributed by atoms with Crippen LogP contribution in [0.15, 0.2) is 18.2 Å². The minimum atomic E-state index is 0.520. The molecule has 0 saturated carbocycles. The van der Waals surface area contributed by atoms with Crippen molar-refractivity contribution < 1.29 is 0 Å². The molecule has 0 heterocycles. The van der Waals surface area contributed by atoms with Gasteiger partial charge in [-0.05, 0) is 0 Å². The van der Waals surface area contributed by atoms with E-state index in [1.54, 1.807) is 0 Å². The van der Waals surface area contributed by atoms with Gasteiger partial charge in [-0.1, -0.05) is 0 Å². The number of rotatable bonds is 1. The van der Waals surface area contributed by atoms with Crippen LogP contribution in [0.3, 0.4) is 0 Å². The molecule has 0 atom stereocenters. The topological polar surface area (TPSA) is 23.9 Å². The first kappa shape index (κ1) is 8.51. The summed E-state index contributed by atoms with van der Waals surface area (Å²) >= 11 is 2.71. The van der Waals surface area contributed by atoms with Crippen LogP contribution < -0.4 is 0 Å². The van der Waals surface area contributed by atoms with Gasteiger partial charge in [-0.3, -0.25) is 0 Å². The normalized spacial score (nSPS) is 9.64. The Morgan fingerprint density at radius 1 is 1.36 bits per heavy atom. The molecular weight excluding hydrogens is 201 g/mol. The number of hydrogen-bond donors (Lipinski definition) is 1. The van der Waals surface area contributed by atoms with E-state index in [4.69, 9.17) is 5.41 Å². The van der Waals surface area contributed by atoms with Gasteiger partial charge in [-0.2, -0.15) is 0 Å². The molecule has 0 fully saturated rings. The maximum absolute atomic E-state index is 7.42. The summed E-state index contributed by atoms with van der Waals surface area (Å²) in [5, 5.41) is 7.42. The van der Waals surface area contributed by atoms with Gasteiger partial charge in [0.05, 0.1) is 0 Å². The van der Waals surface area contributed by atoms with Crippen molar-refractivity contribution in [2.45, 2.75) is 13.8 Å². The number of hydrogen-bond acceptors (Lipinski definition) is 1. The molecule has 11 heavy (non-hydrogen) atoms. The van der Waals surface area contributed by atoms with Gasteiger partial charge in [0, 0.05) is 0 Å². The summed E-state index contributed by atoms with van der Waals surface area (Å²) in [4.78, 5) is 0. The van der Waals surface area contributed by atoms with E-state index >= 15 is 0 Å². The summed E-state index contributed by atoms with van der Waals surface area (Å²) in [5.41, 5.74) is 3.43. The molecule has 0 spiro atoms. The van der Waals surface area contributed by atoms with Crippen molar-refractivity contribution in [1.82, 2.24) is 0 Å². The first-order valence-electron chi connectivity index (χ1n) is 3.45. The Kier molecular flexibility index (Phi) is 2.48. The van der Waals surface area contributed by atoms with Crippen LogP contribution in [0.25, 0.3) is 0 Å². The van der Waals surface area contributed by atoms with Crippen LogP contribution in [0.4, 0.5) is 0 Å². The Hall–Kier alpha value is -0.591. The Morgan fingerprint density at radius 2 is 2.00 bits per heavy atom. The molecular formula is C9H10NSe. The van der Waals surface area contributed by atoms with Crippen LogP contribution in [-0.4, -0.2) is 20.6 Å². The molecule has 1 rings (SSSR count). The fraction of sp³-hybridized carbons (Fsp3) is 0.222. The summed E-state index contributed by atoms with van der Waals surface area (Å²) < 4.78 is 0.520. The molecule has 0 unspecified atom stereocenters. The van der Waals surface area contributed by atoms with E-state index < -0.39 is 0 Å². The molecule has 1 radical (unpaired) electrons. The van der Waals surface area contributed by atoms with Crippen LogP contribution >= 0.6 is 0 Å². The molecule has 0 aliphatic rings. The zero-order chi connectivity index (χ0) is 8.43. The van der Waals surface area contributed by atoms with E-state index in [0.29, 0.717) is 4.61 Å². The van der Waals surface area contributed by atoms with E-state index in [0.717, 1.165) is 5.56 Å². The molecule has 0 aliphatic carbocycles. The second-order valence-corrected chi connectivity index (χ2v) is 3.43. The van der Waals surface area contributed by atoms with Crippen molar-refractivity contribution in [2.75, 3.05) is 0 Å². The second-order valence-electron chi connectivity index (χ2n) is 2.58. The van der Waals surface area contributed by atoms with Crippen LogP contribution in [0.5, 0.6) is 0 Å². The van der Waals surface area contributed by atoms with Crippen LogP contribution in [0.1, 0.15) is 16.7 Å². The van der Waals surface area contributed by atoms with Crippen molar-refractivity contribution >= 4 is 20.6 Å². The maximum atomic E-state index is 7.42. The molecule has 1 aromatic carbocycles. The van der Waals surface area contributed by atoms with Crippen LogP contribution in [-0.2, 0) is 0 Å². The molecule has 1 N–H and O–H groups in total. The summed E-state index contributed by atoms with van der Waals surface area (Å²) in [6.45, 7) is 4.10. The summed E-state index contributed by atoms with van der Waals surface area (Å²) in [6, 6.07) is 5.99. The van der Waals surface area contributed by atoms with E-state index in [9.17, 15) is 0 Å². The van der Waals surface area contributed by atoms with Gasteiger partial charge in [0.2, 0.25) is 0 Å². The standard InChI is InChI=1S/C9H10NSe/c1-6-4-3-5-8(7(6)2)9(10)11/h3-5,10H,1-2H3. The molecule has 0 saturated heterocycles. The van der Waals surface area contributed by atoms with Gasteiger partial charge in [0.1, 0.15) is 0 Å². The zero-order valence-electron chi connectivity index (χ0n) is 6.64. The van der Waals surface area contributed by atoms with Gasteiger partial charge in [-0.15, -0.1) is 0 Å². The number of nitrogens with one attached hydrogen (secondary N) is 1. The van der Waals surface area contributed by atoms with Crippen molar-refractivity contribution in [3.63, 3.8) is 0 Å². The van der Waals surface area contributed by atoms with Crippen LogP contribution in [0, 0.1) is 19.3 Å². The van der Waals surface area contributed by atoms with Gasteiger partial charge < -0.3 is 0 Å². The van der Waals surface area contributed by atoms with Gasteiger partial charge in [-0.25, -0.2) is 0 Å². The fourth-order valence-corrected chi connectivity index (χ4v) is 1.46. The molecule has 57 valence electrons. The number of benzene rings is 1. The van der Waals surface area contributed by atoms with Gasteiger partial charge >= 0.3 is 74.8 Å². The van der Waals surface area contributed by atoms with Crippen LogP contribution in [0.2, 0.25) is 0 Å². The van der Waals surface area contributed by atoms with E-state index in [1.165, 1.54) is 11.1 Å². The average Bonchev–Trinajstić information content (AvgIpc) is 1.94. The van der Waals surface area contributed by atoms with Crippen molar-refractivity contribution in [2.24, 2.45) is 0 Å². The Balaban J connectivity index is 3.27. The Labute approximate surface area is 75.1 Å². The molecule has 0 aliphatic heterocycles. The van der Waals surface area contributed by atoms with Crippen molar-refractivity contribution in [1.29, 1.82) is 5.41 Å². The monoisotopic (exact) mass is 212 g/mol. The molecule has 1 aromatic rings. The summed E-state index contributed by atoms with van der Waals surface area (Å²) in [6.07, 6.45) is 0. The molecule has 1 nitrogen and oxygen atoms in total. The number of aryl methyl sites for hydroxylation is 1. The predicted octanol–water partition coefficient (Wildman–Crippen LogP) is 1.80. The van der Waals surface area contributed by atoms with E-state index in [2.05, 4.69) is 29.0 Å². The first-order chi connectivity index (χ1) is 5.13. The summed E-state index contributed by atoms with van der Waals surface area (Å²) in [7, 11) is 0. The molecule has 2 heteroatoms. The quantitative estimate of drug-likeness (QED) is 0.541. The third-order valence-electron chi connectivity index (χ3n) is 1.85.